The Balaban J connectivity index is 2.13. The zero-order valence-electron chi connectivity index (χ0n) is 12.2. The second-order valence-corrected chi connectivity index (χ2v) is 6.42. The van der Waals surface area contributed by atoms with E-state index in [4.69, 9.17) is 20.9 Å². The minimum atomic E-state index is -0.331. The predicted octanol–water partition coefficient (Wildman–Crippen LogP) is 4.29. The SMILES string of the molecule is Cc1ccc(/C=C/B2OC(C)(C)C(C)(C)O2)c(Cl)c1. The van der Waals surface area contributed by atoms with E-state index in [2.05, 4.69) is 0 Å². The highest BCUT2D eigenvalue weighted by molar-refractivity contribution is 6.52. The van der Waals surface area contributed by atoms with Crippen LogP contribution in [0.25, 0.3) is 6.08 Å². The Morgan fingerprint density at radius 3 is 2.21 bits per heavy atom. The lowest BCUT2D eigenvalue weighted by Gasteiger charge is -2.32. The van der Waals surface area contributed by atoms with E-state index in [-0.39, 0.29) is 18.3 Å². The number of rotatable bonds is 2. The third-order valence-electron chi connectivity index (χ3n) is 3.86. The molecular weight excluding hydrogens is 258 g/mol. The Hall–Kier alpha value is -0.765. The van der Waals surface area contributed by atoms with Crippen LogP contribution < -0.4 is 0 Å². The molecule has 1 saturated heterocycles. The third kappa shape index (κ3) is 3.05. The summed E-state index contributed by atoms with van der Waals surface area (Å²) < 4.78 is 11.8. The molecule has 0 amide bonds. The summed E-state index contributed by atoms with van der Waals surface area (Å²) in [5.74, 6) is 1.91. The maximum atomic E-state index is 6.19. The molecule has 1 aliphatic heterocycles. The standard InChI is InChI=1S/C15H20BClO2/c1-11-6-7-12(13(17)10-11)8-9-16-18-14(2,3)15(4,5)19-16/h6-10H,1-5H3/b9-8+. The van der Waals surface area contributed by atoms with Crippen molar-refractivity contribution in [3.05, 3.63) is 40.3 Å². The fraction of sp³-hybridized carbons (Fsp3) is 0.467. The van der Waals surface area contributed by atoms with Gasteiger partial charge in [-0.15, -0.1) is 0 Å². The van der Waals surface area contributed by atoms with Crippen molar-refractivity contribution in [2.45, 2.75) is 45.8 Å². The molecule has 4 heteroatoms. The molecule has 1 aromatic rings. The Kier molecular flexibility index (Phi) is 3.83. The molecule has 0 atom stereocenters. The van der Waals surface area contributed by atoms with E-state index < -0.39 is 0 Å². The van der Waals surface area contributed by atoms with Crippen LogP contribution in [0.15, 0.2) is 24.2 Å². The molecular formula is C15H20BClO2. The Morgan fingerprint density at radius 1 is 1.11 bits per heavy atom. The van der Waals surface area contributed by atoms with Gasteiger partial charge in [0.05, 0.1) is 11.2 Å². The summed E-state index contributed by atoms with van der Waals surface area (Å²) in [6.07, 6.45) is 1.95. The van der Waals surface area contributed by atoms with Gasteiger partial charge in [-0.05, 0) is 51.8 Å². The summed E-state index contributed by atoms with van der Waals surface area (Å²) in [6.45, 7) is 10.2. The second kappa shape index (κ2) is 4.97. The van der Waals surface area contributed by atoms with Gasteiger partial charge in [0, 0.05) is 5.02 Å². The van der Waals surface area contributed by atoms with E-state index in [0.29, 0.717) is 0 Å². The largest absolute Gasteiger partial charge is 0.487 e. The number of hydrogen-bond acceptors (Lipinski definition) is 2. The van der Waals surface area contributed by atoms with Crippen LogP contribution in [0.3, 0.4) is 0 Å². The van der Waals surface area contributed by atoms with Crippen LogP contribution >= 0.6 is 11.6 Å². The molecule has 0 radical (unpaired) electrons. The smallest absolute Gasteiger partial charge is 0.400 e. The van der Waals surface area contributed by atoms with E-state index >= 15 is 0 Å². The lowest BCUT2D eigenvalue weighted by molar-refractivity contribution is 0.00578. The highest BCUT2D eigenvalue weighted by Gasteiger charge is 2.49. The summed E-state index contributed by atoms with van der Waals surface area (Å²) >= 11 is 6.19. The van der Waals surface area contributed by atoms with Gasteiger partial charge in [0.2, 0.25) is 0 Å². The number of hydrogen-bond donors (Lipinski definition) is 0. The minimum absolute atomic E-state index is 0.306. The predicted molar refractivity (Wildman–Crippen MR) is 81.3 cm³/mol. The molecule has 1 aliphatic rings. The zero-order valence-corrected chi connectivity index (χ0v) is 12.9. The molecule has 0 aliphatic carbocycles. The normalized spacial score (nSPS) is 21.3. The molecule has 0 aromatic heterocycles. The van der Waals surface area contributed by atoms with Gasteiger partial charge in [-0.3, -0.25) is 0 Å². The van der Waals surface area contributed by atoms with E-state index in [1.54, 1.807) is 0 Å². The van der Waals surface area contributed by atoms with Crippen molar-refractivity contribution >= 4 is 24.8 Å². The molecule has 2 rings (SSSR count). The number of halogens is 1. The van der Waals surface area contributed by atoms with Crippen molar-refractivity contribution in [3.63, 3.8) is 0 Å². The maximum Gasteiger partial charge on any atom is 0.487 e. The Bertz CT molecular complexity index is 493. The van der Waals surface area contributed by atoms with E-state index in [1.165, 1.54) is 0 Å². The van der Waals surface area contributed by atoms with Crippen molar-refractivity contribution in [2.24, 2.45) is 0 Å². The first kappa shape index (κ1) is 14.6. The Labute approximate surface area is 120 Å². The molecule has 1 heterocycles. The quantitative estimate of drug-likeness (QED) is 0.751. The summed E-state index contributed by atoms with van der Waals surface area (Å²) in [7, 11) is -0.331. The first-order chi connectivity index (χ1) is 8.71. The van der Waals surface area contributed by atoms with Crippen molar-refractivity contribution in [3.8, 4) is 0 Å². The lowest BCUT2D eigenvalue weighted by Crippen LogP contribution is -2.41. The van der Waals surface area contributed by atoms with Crippen LogP contribution in [0.1, 0.15) is 38.8 Å². The maximum absolute atomic E-state index is 6.19. The molecule has 2 nitrogen and oxygen atoms in total. The fourth-order valence-electron chi connectivity index (χ4n) is 1.92. The minimum Gasteiger partial charge on any atom is -0.400 e. The van der Waals surface area contributed by atoms with Gasteiger partial charge in [-0.2, -0.15) is 0 Å². The topological polar surface area (TPSA) is 18.5 Å². The lowest BCUT2D eigenvalue weighted by atomic mass is 9.89. The second-order valence-electron chi connectivity index (χ2n) is 6.01. The van der Waals surface area contributed by atoms with Gasteiger partial charge in [0.1, 0.15) is 0 Å². The molecule has 0 bridgehead atoms. The Morgan fingerprint density at radius 2 is 1.68 bits per heavy atom. The van der Waals surface area contributed by atoms with E-state index in [0.717, 1.165) is 16.1 Å². The summed E-state index contributed by atoms with van der Waals surface area (Å²) in [6, 6.07) is 5.99. The monoisotopic (exact) mass is 278 g/mol. The summed E-state index contributed by atoms with van der Waals surface area (Å²) in [5.41, 5.74) is 1.51. The van der Waals surface area contributed by atoms with Gasteiger partial charge >= 0.3 is 7.12 Å². The van der Waals surface area contributed by atoms with Crippen LogP contribution in [0.2, 0.25) is 5.02 Å². The van der Waals surface area contributed by atoms with Gasteiger partial charge in [0.15, 0.2) is 0 Å². The van der Waals surface area contributed by atoms with Crippen LogP contribution in [0, 0.1) is 6.92 Å². The molecule has 0 unspecified atom stereocenters. The van der Waals surface area contributed by atoms with E-state index in [9.17, 15) is 0 Å². The average molecular weight is 279 g/mol. The molecule has 0 spiro atoms. The highest BCUT2D eigenvalue weighted by atomic mass is 35.5. The highest BCUT2D eigenvalue weighted by Crippen LogP contribution is 2.37. The molecule has 0 saturated carbocycles. The first-order valence-corrected chi connectivity index (χ1v) is 6.89. The van der Waals surface area contributed by atoms with Crippen molar-refractivity contribution < 1.29 is 9.31 Å². The molecule has 1 aromatic carbocycles. The van der Waals surface area contributed by atoms with Crippen LogP contribution in [0.5, 0.6) is 0 Å². The van der Waals surface area contributed by atoms with Gasteiger partial charge in [-0.25, -0.2) is 0 Å². The van der Waals surface area contributed by atoms with Gasteiger partial charge in [-0.1, -0.05) is 35.8 Å². The fourth-order valence-corrected chi connectivity index (χ4v) is 2.21. The van der Waals surface area contributed by atoms with Gasteiger partial charge < -0.3 is 9.31 Å². The van der Waals surface area contributed by atoms with Crippen molar-refractivity contribution in [1.82, 2.24) is 0 Å². The molecule has 19 heavy (non-hydrogen) atoms. The molecule has 1 fully saturated rings. The average Bonchev–Trinajstić information content (AvgIpc) is 2.46. The number of benzene rings is 1. The first-order valence-electron chi connectivity index (χ1n) is 6.51. The van der Waals surface area contributed by atoms with Crippen LogP contribution in [-0.2, 0) is 9.31 Å². The summed E-state index contributed by atoms with van der Waals surface area (Å²) in [5, 5.41) is 0.743. The zero-order chi connectivity index (χ0) is 14.3. The molecule has 0 N–H and O–H groups in total. The number of aryl methyl sites for hydroxylation is 1. The van der Waals surface area contributed by atoms with Crippen LogP contribution in [0.4, 0.5) is 0 Å². The van der Waals surface area contributed by atoms with Crippen LogP contribution in [-0.4, -0.2) is 18.3 Å². The van der Waals surface area contributed by atoms with Gasteiger partial charge in [0.25, 0.3) is 0 Å². The van der Waals surface area contributed by atoms with E-state index in [1.807, 2.05) is 64.9 Å². The van der Waals surface area contributed by atoms with Crippen molar-refractivity contribution in [1.29, 1.82) is 0 Å². The molecule has 102 valence electrons. The third-order valence-corrected chi connectivity index (χ3v) is 4.19. The van der Waals surface area contributed by atoms with Crippen molar-refractivity contribution in [2.75, 3.05) is 0 Å². The summed E-state index contributed by atoms with van der Waals surface area (Å²) in [4.78, 5) is 0.